The van der Waals surface area contributed by atoms with Crippen LogP contribution in [0, 0.1) is 0 Å². The molecule has 0 aliphatic rings. The van der Waals surface area contributed by atoms with E-state index in [9.17, 15) is 0 Å². The van der Waals surface area contributed by atoms with Crippen LogP contribution in [-0.4, -0.2) is 21.6 Å². The molecule has 0 amide bonds. The molecule has 23 heavy (non-hydrogen) atoms. The SMILES string of the molecule is CCOc1ccccc1CNC(=S)c1ccc2cccnc2n1. The fraction of sp³-hybridized carbons (Fsp3) is 0.167. The van der Waals surface area contributed by atoms with Gasteiger partial charge in [-0.25, -0.2) is 9.97 Å². The molecule has 1 N–H and O–H groups in total. The van der Waals surface area contributed by atoms with Gasteiger partial charge >= 0.3 is 0 Å². The van der Waals surface area contributed by atoms with Gasteiger partial charge in [0.1, 0.15) is 10.7 Å². The number of ether oxygens (including phenoxy) is 1. The quantitative estimate of drug-likeness (QED) is 0.728. The molecule has 0 saturated heterocycles. The predicted octanol–water partition coefficient (Wildman–Crippen LogP) is 3.49. The van der Waals surface area contributed by atoms with Gasteiger partial charge in [-0.1, -0.05) is 30.4 Å². The summed E-state index contributed by atoms with van der Waals surface area (Å²) in [6.07, 6.45) is 1.73. The molecule has 2 heterocycles. The van der Waals surface area contributed by atoms with E-state index in [2.05, 4.69) is 15.3 Å². The second kappa shape index (κ2) is 7.15. The Morgan fingerprint density at radius 1 is 1.13 bits per heavy atom. The van der Waals surface area contributed by atoms with Crippen molar-refractivity contribution < 1.29 is 4.74 Å². The maximum absolute atomic E-state index is 5.62. The lowest BCUT2D eigenvalue weighted by Crippen LogP contribution is -2.23. The van der Waals surface area contributed by atoms with E-state index in [0.29, 0.717) is 23.8 Å². The fourth-order valence-electron chi connectivity index (χ4n) is 2.29. The van der Waals surface area contributed by atoms with Crippen molar-refractivity contribution in [2.45, 2.75) is 13.5 Å². The van der Waals surface area contributed by atoms with Crippen molar-refractivity contribution in [3.05, 3.63) is 66.0 Å². The van der Waals surface area contributed by atoms with Crippen LogP contribution in [0.3, 0.4) is 0 Å². The smallest absolute Gasteiger partial charge is 0.159 e. The molecule has 0 fully saturated rings. The third-order valence-corrected chi connectivity index (χ3v) is 3.76. The van der Waals surface area contributed by atoms with E-state index in [1.54, 1.807) is 6.20 Å². The number of hydrogen-bond acceptors (Lipinski definition) is 4. The number of thiocarbonyl (C=S) groups is 1. The Kier molecular flexibility index (Phi) is 4.78. The van der Waals surface area contributed by atoms with Gasteiger partial charge in [-0.3, -0.25) is 0 Å². The summed E-state index contributed by atoms with van der Waals surface area (Å²) in [5, 5.41) is 4.24. The van der Waals surface area contributed by atoms with Crippen molar-refractivity contribution in [2.24, 2.45) is 0 Å². The third kappa shape index (κ3) is 3.63. The van der Waals surface area contributed by atoms with E-state index in [1.165, 1.54) is 0 Å². The van der Waals surface area contributed by atoms with Crippen LogP contribution in [0.1, 0.15) is 18.2 Å². The Labute approximate surface area is 140 Å². The first-order valence-corrected chi connectivity index (χ1v) is 7.89. The second-order valence-corrected chi connectivity index (χ2v) is 5.38. The Bertz CT molecular complexity index is 835. The van der Waals surface area contributed by atoms with Crippen LogP contribution >= 0.6 is 12.2 Å². The molecule has 0 aliphatic carbocycles. The highest BCUT2D eigenvalue weighted by Crippen LogP contribution is 2.18. The van der Waals surface area contributed by atoms with Crippen molar-refractivity contribution in [3.63, 3.8) is 0 Å². The molecule has 0 saturated carbocycles. The highest BCUT2D eigenvalue weighted by atomic mass is 32.1. The van der Waals surface area contributed by atoms with Gasteiger partial charge in [-0.2, -0.15) is 0 Å². The third-order valence-electron chi connectivity index (χ3n) is 3.41. The average Bonchev–Trinajstić information content (AvgIpc) is 2.60. The molecule has 0 spiro atoms. The topological polar surface area (TPSA) is 47.0 Å². The second-order valence-electron chi connectivity index (χ2n) is 4.97. The molecular formula is C18H17N3OS. The summed E-state index contributed by atoms with van der Waals surface area (Å²) < 4.78 is 5.62. The summed E-state index contributed by atoms with van der Waals surface area (Å²) in [6, 6.07) is 15.7. The Balaban J connectivity index is 1.73. The average molecular weight is 323 g/mol. The Hall–Kier alpha value is -2.53. The van der Waals surface area contributed by atoms with E-state index in [-0.39, 0.29) is 0 Å². The number of nitrogens with one attached hydrogen (secondary N) is 1. The number of rotatable bonds is 5. The highest BCUT2D eigenvalue weighted by molar-refractivity contribution is 7.80. The van der Waals surface area contributed by atoms with Gasteiger partial charge in [0.25, 0.3) is 0 Å². The van der Waals surface area contributed by atoms with Crippen LogP contribution in [0.4, 0.5) is 0 Å². The monoisotopic (exact) mass is 323 g/mol. The minimum Gasteiger partial charge on any atom is -0.494 e. The molecule has 0 unspecified atom stereocenters. The summed E-state index contributed by atoms with van der Waals surface area (Å²) in [4.78, 5) is 9.36. The molecule has 3 aromatic rings. The Morgan fingerprint density at radius 2 is 2.00 bits per heavy atom. The van der Waals surface area contributed by atoms with Crippen LogP contribution in [0.2, 0.25) is 0 Å². The summed E-state index contributed by atoms with van der Waals surface area (Å²) in [5.41, 5.74) is 2.49. The predicted molar refractivity (Wildman–Crippen MR) is 95.7 cm³/mol. The molecule has 0 radical (unpaired) electrons. The van der Waals surface area contributed by atoms with Crippen LogP contribution in [-0.2, 0) is 6.54 Å². The number of aromatic nitrogens is 2. The normalized spacial score (nSPS) is 10.5. The standard InChI is InChI=1S/C18H17N3OS/c1-2-22-16-8-4-3-6-14(16)12-20-18(23)15-10-9-13-7-5-11-19-17(13)21-15/h3-11H,2,12H2,1H3,(H,20,23). The van der Waals surface area contributed by atoms with Crippen molar-refractivity contribution in [2.75, 3.05) is 6.61 Å². The van der Waals surface area contributed by atoms with E-state index in [1.807, 2.05) is 55.5 Å². The fourth-order valence-corrected chi connectivity index (χ4v) is 2.48. The molecule has 5 heteroatoms. The first kappa shape index (κ1) is 15.4. The minimum absolute atomic E-state index is 0.594. The van der Waals surface area contributed by atoms with Gasteiger partial charge in [0.05, 0.1) is 12.3 Å². The zero-order valence-corrected chi connectivity index (χ0v) is 13.6. The maximum atomic E-state index is 5.62. The van der Waals surface area contributed by atoms with Gasteiger partial charge in [-0.05, 0) is 37.3 Å². The van der Waals surface area contributed by atoms with Gasteiger partial charge in [-0.15, -0.1) is 0 Å². The largest absolute Gasteiger partial charge is 0.494 e. The maximum Gasteiger partial charge on any atom is 0.159 e. The number of pyridine rings is 2. The zero-order valence-electron chi connectivity index (χ0n) is 12.8. The summed E-state index contributed by atoms with van der Waals surface area (Å²) in [7, 11) is 0. The minimum atomic E-state index is 0.594. The molecule has 1 aromatic carbocycles. The number of fused-ring (bicyclic) bond motifs is 1. The van der Waals surface area contributed by atoms with E-state index >= 15 is 0 Å². The molecule has 4 nitrogen and oxygen atoms in total. The van der Waals surface area contributed by atoms with Crippen molar-refractivity contribution in [1.29, 1.82) is 0 Å². The lowest BCUT2D eigenvalue weighted by molar-refractivity contribution is 0.336. The summed E-state index contributed by atoms with van der Waals surface area (Å²) in [6.45, 7) is 3.21. The lowest BCUT2D eigenvalue weighted by atomic mass is 10.2. The Morgan fingerprint density at radius 3 is 2.87 bits per heavy atom. The summed E-state index contributed by atoms with van der Waals surface area (Å²) >= 11 is 5.45. The first-order valence-electron chi connectivity index (χ1n) is 7.48. The lowest BCUT2D eigenvalue weighted by Gasteiger charge is -2.12. The van der Waals surface area contributed by atoms with E-state index in [0.717, 1.165) is 22.4 Å². The molecule has 0 bridgehead atoms. The molecule has 0 aliphatic heterocycles. The number of hydrogen-bond donors (Lipinski definition) is 1. The van der Waals surface area contributed by atoms with Gasteiger partial charge < -0.3 is 10.1 Å². The molecule has 116 valence electrons. The van der Waals surface area contributed by atoms with Gasteiger partial charge in [0.2, 0.25) is 0 Å². The van der Waals surface area contributed by atoms with E-state index in [4.69, 9.17) is 17.0 Å². The van der Waals surface area contributed by atoms with E-state index < -0.39 is 0 Å². The molecular weight excluding hydrogens is 306 g/mol. The molecule has 3 rings (SSSR count). The molecule has 0 atom stereocenters. The van der Waals surface area contributed by atoms with Crippen LogP contribution in [0.25, 0.3) is 11.0 Å². The zero-order chi connectivity index (χ0) is 16.1. The van der Waals surface area contributed by atoms with Gasteiger partial charge in [0.15, 0.2) is 5.65 Å². The first-order chi connectivity index (χ1) is 11.3. The van der Waals surface area contributed by atoms with Crippen molar-refractivity contribution in [3.8, 4) is 5.75 Å². The van der Waals surface area contributed by atoms with Crippen LogP contribution in [0.5, 0.6) is 5.75 Å². The summed E-state index contributed by atoms with van der Waals surface area (Å²) in [5.74, 6) is 0.874. The number of nitrogens with zero attached hydrogens (tertiary/aromatic N) is 2. The highest BCUT2D eigenvalue weighted by Gasteiger charge is 2.07. The number of para-hydroxylation sites is 1. The molecule has 2 aromatic heterocycles. The van der Waals surface area contributed by atoms with Crippen LogP contribution < -0.4 is 10.1 Å². The van der Waals surface area contributed by atoms with Crippen molar-refractivity contribution >= 4 is 28.2 Å². The van der Waals surface area contributed by atoms with Crippen LogP contribution in [0.15, 0.2) is 54.7 Å². The number of benzene rings is 1. The van der Waals surface area contributed by atoms with Crippen molar-refractivity contribution in [1.82, 2.24) is 15.3 Å². The van der Waals surface area contributed by atoms with Gasteiger partial charge in [0, 0.05) is 23.7 Å².